The molecule has 4 nitrogen and oxygen atoms in total. The van der Waals surface area contributed by atoms with Crippen LogP contribution in [-0.2, 0) is 6.42 Å². The highest BCUT2D eigenvalue weighted by Gasteiger charge is 2.23. The number of aliphatic hydroxyl groups excluding tert-OH is 1. The second kappa shape index (κ2) is 7.06. The van der Waals surface area contributed by atoms with Crippen LogP contribution in [0.25, 0.3) is 0 Å². The highest BCUT2D eigenvalue weighted by molar-refractivity contribution is 6.30. The van der Waals surface area contributed by atoms with Crippen LogP contribution in [0.3, 0.4) is 0 Å². The van der Waals surface area contributed by atoms with E-state index in [-0.39, 0.29) is 6.10 Å². The molecule has 0 aliphatic heterocycles. The molecule has 0 bridgehead atoms. The molecule has 1 aliphatic rings. The highest BCUT2D eigenvalue weighted by Crippen LogP contribution is 2.26. The smallest absolute Gasteiger partial charge is 0.137 e. The molecule has 2 unspecified atom stereocenters. The standard InChI is InChI=1S/C14H22ClN3O/c1-2-5-11-13(15)17-9-18-14(11)16-8-10-6-3-4-7-12(10)19/h9-10,12,19H,2-8H2,1H3,(H,16,17,18). The third-order valence-electron chi connectivity index (χ3n) is 3.79. The summed E-state index contributed by atoms with van der Waals surface area (Å²) in [6.07, 6.45) is 7.51. The van der Waals surface area contributed by atoms with Crippen molar-refractivity contribution < 1.29 is 5.11 Å². The van der Waals surface area contributed by atoms with Gasteiger partial charge in [0.25, 0.3) is 0 Å². The van der Waals surface area contributed by atoms with Gasteiger partial charge >= 0.3 is 0 Å². The molecule has 2 atom stereocenters. The molecule has 5 heteroatoms. The maximum atomic E-state index is 9.98. The molecule has 19 heavy (non-hydrogen) atoms. The fourth-order valence-electron chi connectivity index (χ4n) is 2.67. The fourth-order valence-corrected chi connectivity index (χ4v) is 2.90. The van der Waals surface area contributed by atoms with Gasteiger partial charge in [-0.3, -0.25) is 0 Å². The Morgan fingerprint density at radius 1 is 1.37 bits per heavy atom. The maximum absolute atomic E-state index is 9.98. The molecule has 0 amide bonds. The van der Waals surface area contributed by atoms with Gasteiger partial charge in [0.15, 0.2) is 0 Å². The van der Waals surface area contributed by atoms with E-state index in [1.165, 1.54) is 12.7 Å². The molecule has 0 saturated heterocycles. The number of anilines is 1. The normalized spacial score (nSPS) is 23.3. The van der Waals surface area contributed by atoms with Crippen LogP contribution in [0, 0.1) is 5.92 Å². The van der Waals surface area contributed by atoms with Crippen LogP contribution in [-0.4, -0.2) is 27.7 Å². The predicted octanol–water partition coefficient (Wildman–Crippen LogP) is 3.05. The van der Waals surface area contributed by atoms with E-state index in [4.69, 9.17) is 11.6 Å². The Kier molecular flexibility index (Phi) is 5.40. The van der Waals surface area contributed by atoms with Crippen molar-refractivity contribution in [3.05, 3.63) is 17.0 Å². The first-order chi connectivity index (χ1) is 9.22. The molecule has 1 aliphatic carbocycles. The lowest BCUT2D eigenvalue weighted by molar-refractivity contribution is 0.0763. The zero-order valence-electron chi connectivity index (χ0n) is 11.4. The summed E-state index contributed by atoms with van der Waals surface area (Å²) in [7, 11) is 0. The Labute approximate surface area is 119 Å². The number of hydrogen-bond acceptors (Lipinski definition) is 4. The van der Waals surface area contributed by atoms with Gasteiger partial charge in [0.05, 0.1) is 6.10 Å². The minimum atomic E-state index is -0.187. The van der Waals surface area contributed by atoms with Gasteiger partial charge in [-0.05, 0) is 19.3 Å². The average Bonchev–Trinajstić information content (AvgIpc) is 2.41. The van der Waals surface area contributed by atoms with E-state index in [1.807, 2.05) is 0 Å². The Hall–Kier alpha value is -0.870. The zero-order chi connectivity index (χ0) is 13.7. The summed E-state index contributed by atoms with van der Waals surface area (Å²) < 4.78 is 0. The predicted molar refractivity (Wildman–Crippen MR) is 77.5 cm³/mol. The molecule has 0 spiro atoms. The second-order valence-corrected chi connectivity index (χ2v) is 5.59. The van der Waals surface area contributed by atoms with Crippen LogP contribution >= 0.6 is 11.6 Å². The van der Waals surface area contributed by atoms with Gasteiger partial charge < -0.3 is 10.4 Å². The van der Waals surface area contributed by atoms with Crippen LogP contribution in [0.4, 0.5) is 5.82 Å². The highest BCUT2D eigenvalue weighted by atomic mass is 35.5. The van der Waals surface area contributed by atoms with E-state index in [0.29, 0.717) is 11.1 Å². The third kappa shape index (κ3) is 3.80. The SMILES string of the molecule is CCCc1c(Cl)ncnc1NCC1CCCCC1O. The summed E-state index contributed by atoms with van der Waals surface area (Å²) in [6.45, 7) is 2.86. The van der Waals surface area contributed by atoms with Crippen LogP contribution in [0.2, 0.25) is 5.15 Å². The Morgan fingerprint density at radius 3 is 2.89 bits per heavy atom. The minimum Gasteiger partial charge on any atom is -0.393 e. The third-order valence-corrected chi connectivity index (χ3v) is 4.12. The van der Waals surface area contributed by atoms with E-state index in [0.717, 1.165) is 50.0 Å². The number of nitrogens with zero attached hydrogens (tertiary/aromatic N) is 2. The van der Waals surface area contributed by atoms with Crippen molar-refractivity contribution in [3.63, 3.8) is 0 Å². The Bertz CT molecular complexity index is 414. The first-order valence-corrected chi connectivity index (χ1v) is 7.51. The van der Waals surface area contributed by atoms with Crippen molar-refractivity contribution in [2.24, 2.45) is 5.92 Å². The van der Waals surface area contributed by atoms with E-state index in [2.05, 4.69) is 22.2 Å². The number of aromatic nitrogens is 2. The Balaban J connectivity index is 2.00. The fraction of sp³-hybridized carbons (Fsp3) is 0.714. The molecule has 1 aromatic heterocycles. The maximum Gasteiger partial charge on any atom is 0.137 e. The number of rotatable bonds is 5. The molecular weight excluding hydrogens is 262 g/mol. The molecule has 0 aromatic carbocycles. The Morgan fingerprint density at radius 2 is 2.16 bits per heavy atom. The number of aliphatic hydroxyl groups is 1. The minimum absolute atomic E-state index is 0.187. The van der Waals surface area contributed by atoms with Gasteiger partial charge in [-0.25, -0.2) is 9.97 Å². The van der Waals surface area contributed by atoms with Gasteiger partial charge in [0.2, 0.25) is 0 Å². The van der Waals surface area contributed by atoms with Crippen LogP contribution in [0.5, 0.6) is 0 Å². The largest absolute Gasteiger partial charge is 0.393 e. The monoisotopic (exact) mass is 283 g/mol. The second-order valence-electron chi connectivity index (χ2n) is 5.23. The lowest BCUT2D eigenvalue weighted by Gasteiger charge is -2.28. The van der Waals surface area contributed by atoms with Crippen molar-refractivity contribution in [2.45, 2.75) is 51.6 Å². The van der Waals surface area contributed by atoms with Crippen LogP contribution in [0.15, 0.2) is 6.33 Å². The summed E-state index contributed by atoms with van der Waals surface area (Å²) in [5, 5.41) is 13.8. The summed E-state index contributed by atoms with van der Waals surface area (Å²) in [5.41, 5.74) is 0.983. The molecule has 0 radical (unpaired) electrons. The molecular formula is C14H22ClN3O. The average molecular weight is 284 g/mol. The van der Waals surface area contributed by atoms with Crippen molar-refractivity contribution in [1.29, 1.82) is 0 Å². The van der Waals surface area contributed by atoms with Gasteiger partial charge in [-0.15, -0.1) is 0 Å². The first-order valence-electron chi connectivity index (χ1n) is 7.13. The van der Waals surface area contributed by atoms with Crippen molar-refractivity contribution >= 4 is 17.4 Å². The van der Waals surface area contributed by atoms with Crippen molar-refractivity contribution in [1.82, 2.24) is 9.97 Å². The molecule has 2 N–H and O–H groups in total. The molecule has 1 fully saturated rings. The quantitative estimate of drug-likeness (QED) is 0.816. The van der Waals surface area contributed by atoms with E-state index < -0.39 is 0 Å². The van der Waals surface area contributed by atoms with E-state index in [9.17, 15) is 5.11 Å². The lowest BCUT2D eigenvalue weighted by Crippen LogP contribution is -2.30. The summed E-state index contributed by atoms with van der Waals surface area (Å²) in [4.78, 5) is 8.31. The molecule has 1 aromatic rings. The van der Waals surface area contributed by atoms with Gasteiger partial charge in [-0.2, -0.15) is 0 Å². The molecule has 2 rings (SSSR count). The van der Waals surface area contributed by atoms with Crippen molar-refractivity contribution in [3.8, 4) is 0 Å². The van der Waals surface area contributed by atoms with Gasteiger partial charge in [0.1, 0.15) is 17.3 Å². The van der Waals surface area contributed by atoms with Gasteiger partial charge in [0, 0.05) is 18.0 Å². The summed E-state index contributed by atoms with van der Waals surface area (Å²) >= 11 is 6.12. The molecule has 106 valence electrons. The molecule has 1 saturated carbocycles. The number of halogens is 1. The van der Waals surface area contributed by atoms with E-state index in [1.54, 1.807) is 0 Å². The number of hydrogen-bond donors (Lipinski definition) is 2. The van der Waals surface area contributed by atoms with Crippen LogP contribution in [0.1, 0.15) is 44.6 Å². The topological polar surface area (TPSA) is 58.0 Å². The zero-order valence-corrected chi connectivity index (χ0v) is 12.2. The summed E-state index contributed by atoms with van der Waals surface area (Å²) in [6, 6.07) is 0. The lowest BCUT2D eigenvalue weighted by atomic mass is 9.86. The van der Waals surface area contributed by atoms with Crippen LogP contribution < -0.4 is 5.32 Å². The number of nitrogens with one attached hydrogen (secondary N) is 1. The van der Waals surface area contributed by atoms with Crippen molar-refractivity contribution in [2.75, 3.05) is 11.9 Å². The van der Waals surface area contributed by atoms with E-state index >= 15 is 0 Å². The summed E-state index contributed by atoms with van der Waals surface area (Å²) in [5.74, 6) is 1.14. The first kappa shape index (κ1) is 14.5. The molecule has 1 heterocycles. The van der Waals surface area contributed by atoms with Gasteiger partial charge in [-0.1, -0.05) is 37.8 Å².